The number of nitrogens with two attached hydrogens (primary N) is 1. The van der Waals surface area contributed by atoms with Crippen molar-refractivity contribution in [3.63, 3.8) is 0 Å². The monoisotopic (exact) mass is 521 g/mol. The Morgan fingerprint density at radius 3 is 2.54 bits per heavy atom. The van der Waals surface area contributed by atoms with E-state index in [9.17, 15) is 31.5 Å². The van der Waals surface area contributed by atoms with Gasteiger partial charge in [0.2, 0.25) is 0 Å². The summed E-state index contributed by atoms with van der Waals surface area (Å²) in [6.45, 7) is 1.79. The van der Waals surface area contributed by atoms with Gasteiger partial charge in [0.25, 0.3) is 11.8 Å². The minimum atomic E-state index is -5.40. The molecule has 0 radical (unpaired) electrons. The van der Waals surface area contributed by atoms with Crippen LogP contribution in [0.5, 0.6) is 0 Å². The van der Waals surface area contributed by atoms with Crippen molar-refractivity contribution in [2.45, 2.75) is 39.3 Å². The van der Waals surface area contributed by atoms with E-state index in [-0.39, 0.29) is 23.5 Å². The second-order valence-electron chi connectivity index (χ2n) is 7.24. The molecule has 0 fully saturated rings. The van der Waals surface area contributed by atoms with E-state index < -0.39 is 53.4 Å². The van der Waals surface area contributed by atoms with E-state index in [1.54, 1.807) is 6.92 Å². The molecular weight excluding hydrogens is 505 g/mol. The average molecular weight is 522 g/mol. The minimum Gasteiger partial charge on any atom is -0.471 e. The molecule has 0 saturated heterocycles. The number of hydroxylamine groups is 2. The number of hydrogen-bond donors (Lipinski definition) is 1. The van der Waals surface area contributed by atoms with Crippen molar-refractivity contribution in [3.05, 3.63) is 63.9 Å². The van der Waals surface area contributed by atoms with Gasteiger partial charge in [-0.05, 0) is 26.0 Å². The Bertz CT molecular complexity index is 1190. The lowest BCUT2D eigenvalue weighted by molar-refractivity contribution is -0.259. The first-order chi connectivity index (χ1) is 16.3. The van der Waals surface area contributed by atoms with Crippen LogP contribution in [0, 0.1) is 18.6 Å². The van der Waals surface area contributed by atoms with Gasteiger partial charge in [-0.15, -0.1) is 5.06 Å². The highest BCUT2D eigenvalue weighted by atomic mass is 35.5. The molecule has 1 aliphatic rings. The van der Waals surface area contributed by atoms with Crippen LogP contribution < -0.4 is 5.73 Å². The van der Waals surface area contributed by atoms with Gasteiger partial charge < -0.3 is 20.2 Å². The van der Waals surface area contributed by atoms with Crippen LogP contribution in [0.1, 0.15) is 23.9 Å². The molecule has 2 aromatic rings. The van der Waals surface area contributed by atoms with Gasteiger partial charge in [-0.2, -0.15) is 13.2 Å². The maximum Gasteiger partial charge on any atom is 0.493 e. The first-order valence-corrected chi connectivity index (χ1v) is 10.1. The molecule has 1 unspecified atom stereocenters. The lowest BCUT2D eigenvalue weighted by Crippen LogP contribution is -2.54. The van der Waals surface area contributed by atoms with Gasteiger partial charge in [0.1, 0.15) is 36.0 Å². The summed E-state index contributed by atoms with van der Waals surface area (Å²) in [5.74, 6) is -5.89. The number of nitrogens with zero attached hydrogens (tertiary/aromatic N) is 4. The number of halogens is 6. The number of alkyl halides is 3. The van der Waals surface area contributed by atoms with Gasteiger partial charge in [-0.25, -0.2) is 23.5 Å². The number of aromatic nitrogens is 2. The molecule has 35 heavy (non-hydrogen) atoms. The van der Waals surface area contributed by atoms with Gasteiger partial charge in [-0.3, -0.25) is 4.79 Å². The van der Waals surface area contributed by atoms with Crippen LogP contribution in [-0.4, -0.2) is 44.1 Å². The summed E-state index contributed by atoms with van der Waals surface area (Å²) in [5, 5.41) is -0.445. The molecule has 2 N–H and O–H groups in total. The number of aryl methyl sites for hydroxylation is 1. The fourth-order valence-corrected chi connectivity index (χ4v) is 3.22. The number of anilines is 1. The second-order valence-corrected chi connectivity index (χ2v) is 7.62. The molecule has 188 valence electrons. The number of carbonyl (C=O) groups excluding carboxylic acids is 2. The fourth-order valence-electron chi connectivity index (χ4n) is 2.97. The molecule has 9 nitrogen and oxygen atoms in total. The van der Waals surface area contributed by atoms with Gasteiger partial charge in [0.05, 0.1) is 6.54 Å². The number of carbonyl (C=O) groups is 2. The Kier molecular flexibility index (Phi) is 7.33. The summed E-state index contributed by atoms with van der Waals surface area (Å²) < 4.78 is 71.2. The fraction of sp³-hybridized carbons (Fsp3) is 0.300. The smallest absolute Gasteiger partial charge is 0.471 e. The Labute approximate surface area is 199 Å². The van der Waals surface area contributed by atoms with Gasteiger partial charge in [0, 0.05) is 23.4 Å². The third kappa shape index (κ3) is 5.70. The Hall–Kier alpha value is -3.68. The third-order valence-corrected chi connectivity index (χ3v) is 5.10. The van der Waals surface area contributed by atoms with E-state index in [0.29, 0.717) is 17.0 Å². The van der Waals surface area contributed by atoms with Gasteiger partial charge >= 0.3 is 12.1 Å². The van der Waals surface area contributed by atoms with E-state index in [0.717, 1.165) is 17.0 Å². The van der Waals surface area contributed by atoms with E-state index in [4.69, 9.17) is 22.1 Å². The molecule has 1 aromatic carbocycles. The lowest BCUT2D eigenvalue weighted by atomic mass is 10.2. The van der Waals surface area contributed by atoms with E-state index >= 15 is 0 Å². The SMILES string of the molecule is Cc1ncc(CN2C(=O)C(Cl)=C(OCc3ccc(F)cc3F)N(OC(=O)C(F)(F)F)C2C)c(N)n1. The molecule has 1 amide bonds. The molecule has 3 rings (SSSR count). The highest BCUT2D eigenvalue weighted by Gasteiger charge is 2.47. The van der Waals surface area contributed by atoms with Gasteiger partial charge in [0.15, 0.2) is 5.03 Å². The van der Waals surface area contributed by atoms with Crippen LogP contribution in [0.3, 0.4) is 0 Å². The van der Waals surface area contributed by atoms with Crippen molar-refractivity contribution < 1.29 is 41.1 Å². The maximum absolute atomic E-state index is 14.0. The standard InChI is InChI=1S/C20H17ClF5N5O4/c1-9-28-6-12(16(27)29-9)7-30-10(2)31(35-19(33)20(24,25)26)18(15(21)17(30)32)34-8-11-3-4-13(22)5-14(11)23/h3-6,10H,7-8H2,1-2H3,(H2,27,28,29). The predicted molar refractivity (Wildman–Crippen MR) is 109 cm³/mol. The van der Waals surface area contributed by atoms with Crippen molar-refractivity contribution in [1.29, 1.82) is 0 Å². The summed E-state index contributed by atoms with van der Waals surface area (Å²) in [4.78, 5) is 37.8. The predicted octanol–water partition coefficient (Wildman–Crippen LogP) is 3.28. The average Bonchev–Trinajstić information content (AvgIpc) is 2.76. The Balaban J connectivity index is 1.96. The molecular formula is C20H17ClF5N5O4. The molecule has 0 saturated carbocycles. The lowest BCUT2D eigenvalue weighted by Gasteiger charge is -2.41. The number of benzene rings is 1. The normalized spacial score (nSPS) is 16.6. The number of nitrogen functional groups attached to an aromatic ring is 1. The zero-order chi connectivity index (χ0) is 26.1. The van der Waals surface area contributed by atoms with Crippen LogP contribution in [0.25, 0.3) is 0 Å². The highest BCUT2D eigenvalue weighted by Crippen LogP contribution is 2.32. The second kappa shape index (κ2) is 9.90. The Morgan fingerprint density at radius 2 is 1.94 bits per heavy atom. The van der Waals surface area contributed by atoms with Crippen molar-refractivity contribution in [2.24, 2.45) is 0 Å². The largest absolute Gasteiger partial charge is 0.493 e. The zero-order valence-corrected chi connectivity index (χ0v) is 18.8. The molecule has 0 bridgehead atoms. The third-order valence-electron chi connectivity index (χ3n) is 4.78. The van der Waals surface area contributed by atoms with Crippen LogP contribution in [0.15, 0.2) is 35.3 Å². The maximum atomic E-state index is 14.0. The molecule has 1 aromatic heterocycles. The topological polar surface area (TPSA) is 111 Å². The van der Waals surface area contributed by atoms with Crippen molar-refractivity contribution in [2.75, 3.05) is 5.73 Å². The number of hydrogen-bond acceptors (Lipinski definition) is 8. The Morgan fingerprint density at radius 1 is 1.26 bits per heavy atom. The van der Waals surface area contributed by atoms with Crippen LogP contribution in [0.2, 0.25) is 0 Å². The first-order valence-electron chi connectivity index (χ1n) is 9.73. The first kappa shape index (κ1) is 25.9. The molecule has 15 heteroatoms. The van der Waals surface area contributed by atoms with E-state index in [1.807, 2.05) is 0 Å². The highest BCUT2D eigenvalue weighted by molar-refractivity contribution is 6.42. The summed E-state index contributed by atoms with van der Waals surface area (Å²) >= 11 is 6.08. The number of amides is 1. The summed E-state index contributed by atoms with van der Waals surface area (Å²) in [7, 11) is 0. The van der Waals surface area contributed by atoms with Crippen LogP contribution in [-0.2, 0) is 32.3 Å². The molecule has 0 aliphatic carbocycles. The van der Waals surface area contributed by atoms with Gasteiger partial charge in [-0.1, -0.05) is 11.6 Å². The van der Waals surface area contributed by atoms with E-state index in [1.165, 1.54) is 13.1 Å². The summed E-state index contributed by atoms with van der Waals surface area (Å²) in [6, 6.07) is 2.50. The van der Waals surface area contributed by atoms with Crippen LogP contribution in [0.4, 0.5) is 27.8 Å². The quantitative estimate of drug-likeness (QED) is 0.577. The van der Waals surface area contributed by atoms with E-state index in [2.05, 4.69) is 14.8 Å². The number of rotatable bonds is 6. The molecule has 2 heterocycles. The molecule has 1 atom stereocenters. The van der Waals surface area contributed by atoms with Crippen molar-refractivity contribution >= 4 is 29.3 Å². The molecule has 0 spiro atoms. The van der Waals surface area contributed by atoms with Crippen LogP contribution >= 0.6 is 11.6 Å². The summed E-state index contributed by atoms with van der Waals surface area (Å²) in [6.07, 6.45) is -5.49. The zero-order valence-electron chi connectivity index (χ0n) is 18.1. The van der Waals surface area contributed by atoms with Crippen molar-refractivity contribution in [3.8, 4) is 0 Å². The summed E-state index contributed by atoms with van der Waals surface area (Å²) in [5.41, 5.74) is 5.86. The number of ether oxygens (including phenoxy) is 1. The molecule has 1 aliphatic heterocycles. The van der Waals surface area contributed by atoms with Crippen molar-refractivity contribution in [1.82, 2.24) is 19.9 Å². The minimum absolute atomic E-state index is 0.00488.